The maximum atomic E-state index is 10.7. The van der Waals surface area contributed by atoms with Crippen molar-refractivity contribution in [3.05, 3.63) is 24.3 Å². The minimum Gasteiger partial charge on any atom is -0.508 e. The van der Waals surface area contributed by atoms with Crippen LogP contribution in [0.5, 0.6) is 11.5 Å². The lowest BCUT2D eigenvalue weighted by Crippen LogP contribution is -2.21. The van der Waals surface area contributed by atoms with Crippen LogP contribution in [0.1, 0.15) is 0 Å². The van der Waals surface area contributed by atoms with Gasteiger partial charge in [-0.25, -0.2) is 4.79 Å². The highest BCUT2D eigenvalue weighted by molar-refractivity contribution is 5.69. The normalized spacial score (nSPS) is 9.08. The molecule has 1 aromatic carbocycles. The molecule has 0 aromatic heterocycles. The van der Waals surface area contributed by atoms with E-state index in [-0.39, 0.29) is 5.75 Å². The van der Waals surface area contributed by atoms with Crippen molar-refractivity contribution >= 4 is 6.09 Å². The van der Waals surface area contributed by atoms with Crippen LogP contribution in [0, 0.1) is 0 Å². The molecule has 64 valence electrons. The third-order valence-corrected chi connectivity index (χ3v) is 1.23. The zero-order valence-corrected chi connectivity index (χ0v) is 6.57. The van der Waals surface area contributed by atoms with Crippen molar-refractivity contribution < 1.29 is 14.6 Å². The van der Waals surface area contributed by atoms with Crippen LogP contribution in [-0.2, 0) is 0 Å². The fourth-order valence-corrected chi connectivity index (χ4v) is 0.705. The van der Waals surface area contributed by atoms with E-state index in [1.165, 1.54) is 19.2 Å². The van der Waals surface area contributed by atoms with E-state index in [1.807, 2.05) is 0 Å². The molecule has 0 radical (unpaired) electrons. The van der Waals surface area contributed by atoms with Gasteiger partial charge in [0.15, 0.2) is 0 Å². The molecule has 0 aliphatic rings. The molecule has 0 aliphatic carbocycles. The van der Waals surface area contributed by atoms with Crippen LogP contribution >= 0.6 is 0 Å². The molecule has 1 rings (SSSR count). The second kappa shape index (κ2) is 3.61. The number of hydrogen-bond acceptors (Lipinski definition) is 3. The first kappa shape index (κ1) is 8.39. The van der Waals surface area contributed by atoms with Crippen LogP contribution in [0.25, 0.3) is 0 Å². The van der Waals surface area contributed by atoms with E-state index in [4.69, 9.17) is 9.84 Å². The van der Waals surface area contributed by atoms with Crippen molar-refractivity contribution in [1.29, 1.82) is 0 Å². The third-order valence-electron chi connectivity index (χ3n) is 1.23. The first-order chi connectivity index (χ1) is 5.72. The summed E-state index contributed by atoms with van der Waals surface area (Å²) in [5, 5.41) is 11.3. The molecule has 0 fully saturated rings. The van der Waals surface area contributed by atoms with Gasteiger partial charge in [-0.3, -0.25) is 0 Å². The van der Waals surface area contributed by atoms with Gasteiger partial charge in [-0.05, 0) is 12.1 Å². The average Bonchev–Trinajstić information content (AvgIpc) is 2.04. The van der Waals surface area contributed by atoms with Gasteiger partial charge >= 0.3 is 6.09 Å². The minimum atomic E-state index is -0.555. The third kappa shape index (κ3) is 2.16. The van der Waals surface area contributed by atoms with Gasteiger partial charge in [0, 0.05) is 13.1 Å². The van der Waals surface area contributed by atoms with Crippen molar-refractivity contribution in [2.75, 3.05) is 7.05 Å². The summed E-state index contributed by atoms with van der Waals surface area (Å²) < 4.78 is 4.73. The Kier molecular flexibility index (Phi) is 2.53. The van der Waals surface area contributed by atoms with Crippen molar-refractivity contribution in [3.63, 3.8) is 0 Å². The van der Waals surface area contributed by atoms with Gasteiger partial charge < -0.3 is 15.2 Å². The predicted octanol–water partition coefficient (Wildman–Crippen LogP) is 1.11. The van der Waals surface area contributed by atoms with Crippen LogP contribution in [0.2, 0.25) is 0 Å². The predicted molar refractivity (Wildman–Crippen MR) is 43.2 cm³/mol. The van der Waals surface area contributed by atoms with Gasteiger partial charge in [0.2, 0.25) is 0 Å². The lowest BCUT2D eigenvalue weighted by molar-refractivity contribution is 0.203. The standard InChI is InChI=1S/C8H9NO3/c1-9-8(11)12-7-4-2-3-6(10)5-7/h2-5,10H,1H3,(H,9,11). The molecule has 0 unspecified atom stereocenters. The minimum absolute atomic E-state index is 0.0661. The molecule has 0 aliphatic heterocycles. The first-order valence-electron chi connectivity index (χ1n) is 3.41. The van der Waals surface area contributed by atoms with E-state index >= 15 is 0 Å². The highest BCUT2D eigenvalue weighted by Gasteiger charge is 2.00. The van der Waals surface area contributed by atoms with Crippen LogP contribution in [0.15, 0.2) is 24.3 Å². The van der Waals surface area contributed by atoms with E-state index in [1.54, 1.807) is 12.1 Å². The van der Waals surface area contributed by atoms with Gasteiger partial charge in [0.1, 0.15) is 11.5 Å². The molecular formula is C8H9NO3. The van der Waals surface area contributed by atoms with E-state index < -0.39 is 6.09 Å². The van der Waals surface area contributed by atoms with Gasteiger partial charge in [-0.1, -0.05) is 6.07 Å². The lowest BCUT2D eigenvalue weighted by atomic mass is 10.3. The molecule has 1 amide bonds. The number of hydrogen-bond donors (Lipinski definition) is 2. The van der Waals surface area contributed by atoms with Gasteiger partial charge in [0.05, 0.1) is 0 Å². The van der Waals surface area contributed by atoms with Crippen LogP contribution in [0.3, 0.4) is 0 Å². The van der Waals surface area contributed by atoms with E-state index in [2.05, 4.69) is 5.32 Å². The Morgan fingerprint density at radius 1 is 1.58 bits per heavy atom. The van der Waals surface area contributed by atoms with Crippen molar-refractivity contribution in [3.8, 4) is 11.5 Å². The number of benzene rings is 1. The van der Waals surface area contributed by atoms with Crippen LogP contribution < -0.4 is 10.1 Å². The summed E-state index contributed by atoms with van der Waals surface area (Å²) in [6.07, 6.45) is -0.555. The highest BCUT2D eigenvalue weighted by atomic mass is 16.6. The summed E-state index contributed by atoms with van der Waals surface area (Å²) in [7, 11) is 1.46. The molecular weight excluding hydrogens is 158 g/mol. The topological polar surface area (TPSA) is 58.6 Å². The average molecular weight is 167 g/mol. The summed E-state index contributed by atoms with van der Waals surface area (Å²) in [6, 6.07) is 6.02. The van der Waals surface area contributed by atoms with E-state index in [0.29, 0.717) is 5.75 Å². The van der Waals surface area contributed by atoms with E-state index in [0.717, 1.165) is 0 Å². The van der Waals surface area contributed by atoms with E-state index in [9.17, 15) is 4.79 Å². The number of amides is 1. The number of phenols is 1. The highest BCUT2D eigenvalue weighted by Crippen LogP contribution is 2.17. The largest absolute Gasteiger partial charge is 0.508 e. The Morgan fingerprint density at radius 2 is 2.33 bits per heavy atom. The second-order valence-electron chi connectivity index (χ2n) is 2.14. The molecule has 0 heterocycles. The fourth-order valence-electron chi connectivity index (χ4n) is 0.705. The summed E-state index contributed by atoms with van der Waals surface area (Å²) in [6.45, 7) is 0. The van der Waals surface area contributed by atoms with Crippen molar-refractivity contribution in [2.24, 2.45) is 0 Å². The van der Waals surface area contributed by atoms with Crippen LogP contribution in [-0.4, -0.2) is 18.2 Å². The number of rotatable bonds is 1. The molecule has 0 bridgehead atoms. The monoisotopic (exact) mass is 167 g/mol. The molecule has 12 heavy (non-hydrogen) atoms. The van der Waals surface area contributed by atoms with Crippen molar-refractivity contribution in [1.82, 2.24) is 5.32 Å². The second-order valence-corrected chi connectivity index (χ2v) is 2.14. The summed E-state index contributed by atoms with van der Waals surface area (Å²) >= 11 is 0. The Balaban J connectivity index is 2.69. The smallest absolute Gasteiger partial charge is 0.412 e. The maximum Gasteiger partial charge on any atom is 0.412 e. The maximum absolute atomic E-state index is 10.7. The quantitative estimate of drug-likeness (QED) is 0.658. The SMILES string of the molecule is CNC(=O)Oc1cccc(O)c1. The van der Waals surface area contributed by atoms with Gasteiger partial charge in [0.25, 0.3) is 0 Å². The van der Waals surface area contributed by atoms with Gasteiger partial charge in [-0.2, -0.15) is 0 Å². The number of aromatic hydroxyl groups is 1. The summed E-state index contributed by atoms with van der Waals surface area (Å²) in [5.41, 5.74) is 0. The molecule has 0 saturated carbocycles. The Labute approximate surface area is 69.8 Å². The molecule has 4 heteroatoms. The van der Waals surface area contributed by atoms with Crippen molar-refractivity contribution in [2.45, 2.75) is 0 Å². The molecule has 4 nitrogen and oxygen atoms in total. The van der Waals surface area contributed by atoms with Gasteiger partial charge in [-0.15, -0.1) is 0 Å². The summed E-state index contributed by atoms with van der Waals surface area (Å²) in [4.78, 5) is 10.7. The Hall–Kier alpha value is -1.71. The lowest BCUT2D eigenvalue weighted by Gasteiger charge is -2.02. The number of ether oxygens (including phenoxy) is 1. The zero-order chi connectivity index (χ0) is 8.97. The molecule has 0 saturated heterocycles. The zero-order valence-electron chi connectivity index (χ0n) is 6.57. The number of phenolic OH excluding ortho intramolecular Hbond substituents is 1. The number of nitrogens with one attached hydrogen (secondary N) is 1. The molecule has 1 aromatic rings. The molecule has 2 N–H and O–H groups in total. The first-order valence-corrected chi connectivity index (χ1v) is 3.41. The summed E-state index contributed by atoms with van der Waals surface area (Å²) in [5.74, 6) is 0.380. The molecule has 0 spiro atoms. The number of carbonyl (C=O) groups is 1. The Morgan fingerprint density at radius 3 is 2.92 bits per heavy atom. The fraction of sp³-hybridized carbons (Fsp3) is 0.125. The Bertz CT molecular complexity index is 285. The van der Waals surface area contributed by atoms with Crippen LogP contribution in [0.4, 0.5) is 4.79 Å². The number of carbonyl (C=O) groups excluding carboxylic acids is 1. The molecule has 0 atom stereocenters.